The molecule has 10 heteroatoms. The molecule has 2 aromatic rings. The molecule has 192 valence electrons. The highest BCUT2D eigenvalue weighted by Crippen LogP contribution is 2.26. The molecule has 8 nitrogen and oxygen atoms in total. The second kappa shape index (κ2) is 11.4. The van der Waals surface area contributed by atoms with Gasteiger partial charge in [0.1, 0.15) is 5.75 Å². The summed E-state index contributed by atoms with van der Waals surface area (Å²) in [6.45, 7) is 4.52. The maximum atomic E-state index is 13.6. The first kappa shape index (κ1) is 26.1. The Labute approximate surface area is 208 Å². The largest absolute Gasteiger partial charge is 0.494 e. The Balaban J connectivity index is 1.57. The van der Waals surface area contributed by atoms with Crippen molar-refractivity contribution in [3.05, 3.63) is 54.1 Å². The zero-order valence-corrected chi connectivity index (χ0v) is 21.8. The van der Waals surface area contributed by atoms with Crippen LogP contribution >= 0.6 is 0 Å². The third kappa shape index (κ3) is 6.24. The SMILES string of the molecule is CCOc1ccc(CN(C[C@H]2CCCO2)S(=O)(=O)c2ccc(S(=O)(=O)N3CCCCC3)cc2)cc1. The summed E-state index contributed by atoms with van der Waals surface area (Å²) in [6.07, 6.45) is 4.27. The third-order valence-corrected chi connectivity index (χ3v) is 10.2. The zero-order chi connectivity index (χ0) is 24.9. The fourth-order valence-corrected chi connectivity index (χ4v) is 7.49. The lowest BCUT2D eigenvalue weighted by Crippen LogP contribution is -2.37. The molecule has 2 saturated heterocycles. The fraction of sp³-hybridized carbons (Fsp3) is 0.520. The van der Waals surface area contributed by atoms with E-state index in [1.165, 1.54) is 32.9 Å². The van der Waals surface area contributed by atoms with E-state index in [2.05, 4.69) is 0 Å². The molecule has 0 bridgehead atoms. The van der Waals surface area contributed by atoms with Gasteiger partial charge >= 0.3 is 0 Å². The van der Waals surface area contributed by atoms with Gasteiger partial charge in [-0.15, -0.1) is 0 Å². The van der Waals surface area contributed by atoms with Crippen LogP contribution in [0.4, 0.5) is 0 Å². The Bertz CT molecular complexity index is 1170. The number of hydrogen-bond donors (Lipinski definition) is 0. The van der Waals surface area contributed by atoms with E-state index in [9.17, 15) is 16.8 Å². The first-order valence-electron chi connectivity index (χ1n) is 12.2. The molecule has 2 aliphatic heterocycles. The lowest BCUT2D eigenvalue weighted by Gasteiger charge is -2.26. The van der Waals surface area contributed by atoms with E-state index in [0.29, 0.717) is 26.3 Å². The number of piperidine rings is 1. The molecule has 2 aromatic carbocycles. The summed E-state index contributed by atoms with van der Waals surface area (Å²) in [4.78, 5) is 0.189. The van der Waals surface area contributed by atoms with Gasteiger partial charge in [0.15, 0.2) is 0 Å². The Morgan fingerprint density at radius 3 is 2.17 bits per heavy atom. The lowest BCUT2D eigenvalue weighted by atomic mass is 10.2. The highest BCUT2D eigenvalue weighted by molar-refractivity contribution is 7.89. The van der Waals surface area contributed by atoms with Gasteiger partial charge in [0.25, 0.3) is 0 Å². The molecule has 2 aliphatic rings. The van der Waals surface area contributed by atoms with E-state index in [1.807, 2.05) is 31.2 Å². The van der Waals surface area contributed by atoms with Crippen molar-refractivity contribution in [1.82, 2.24) is 8.61 Å². The molecule has 35 heavy (non-hydrogen) atoms. The molecule has 2 heterocycles. The lowest BCUT2D eigenvalue weighted by molar-refractivity contribution is 0.0926. The number of sulfonamides is 2. The van der Waals surface area contributed by atoms with Crippen molar-refractivity contribution in [3.8, 4) is 5.75 Å². The third-order valence-electron chi connectivity index (χ3n) is 6.44. The highest BCUT2D eigenvalue weighted by Gasteiger charge is 2.31. The summed E-state index contributed by atoms with van der Waals surface area (Å²) in [5.41, 5.74) is 0.833. The van der Waals surface area contributed by atoms with Gasteiger partial charge in [-0.1, -0.05) is 18.6 Å². The molecule has 4 rings (SSSR count). The fourth-order valence-electron chi connectivity index (χ4n) is 4.51. The van der Waals surface area contributed by atoms with Crippen molar-refractivity contribution in [3.63, 3.8) is 0 Å². The Kier molecular flexibility index (Phi) is 8.49. The molecule has 0 radical (unpaired) electrons. The Morgan fingerprint density at radius 1 is 0.914 bits per heavy atom. The zero-order valence-electron chi connectivity index (χ0n) is 20.1. The van der Waals surface area contributed by atoms with Gasteiger partial charge in [0, 0.05) is 32.8 Å². The molecular formula is C25H34N2O6S2. The van der Waals surface area contributed by atoms with Crippen molar-refractivity contribution in [2.75, 3.05) is 32.8 Å². The van der Waals surface area contributed by atoms with Crippen molar-refractivity contribution in [2.45, 2.75) is 61.5 Å². The van der Waals surface area contributed by atoms with E-state index in [1.54, 1.807) is 0 Å². The molecule has 0 spiro atoms. The number of ether oxygens (including phenoxy) is 2. The van der Waals surface area contributed by atoms with Crippen molar-refractivity contribution < 1.29 is 26.3 Å². The monoisotopic (exact) mass is 522 g/mol. The topological polar surface area (TPSA) is 93.2 Å². The number of nitrogens with zero attached hydrogens (tertiary/aromatic N) is 2. The predicted octanol–water partition coefficient (Wildman–Crippen LogP) is 3.63. The van der Waals surface area contributed by atoms with Crippen LogP contribution in [-0.2, 0) is 31.3 Å². The molecule has 0 unspecified atom stereocenters. The molecule has 0 aromatic heterocycles. The molecule has 0 amide bonds. The van der Waals surface area contributed by atoms with Crippen LogP contribution in [0.5, 0.6) is 5.75 Å². The summed E-state index contributed by atoms with van der Waals surface area (Å²) in [6, 6.07) is 13.0. The average Bonchev–Trinajstić information content (AvgIpc) is 3.39. The summed E-state index contributed by atoms with van der Waals surface area (Å²) in [7, 11) is -7.51. The van der Waals surface area contributed by atoms with Crippen molar-refractivity contribution in [1.29, 1.82) is 0 Å². The minimum atomic E-state index is -3.88. The second-order valence-corrected chi connectivity index (χ2v) is 12.8. The Morgan fingerprint density at radius 2 is 1.57 bits per heavy atom. The molecular weight excluding hydrogens is 488 g/mol. The van der Waals surface area contributed by atoms with Gasteiger partial charge < -0.3 is 9.47 Å². The van der Waals surface area contributed by atoms with Gasteiger partial charge in [0.05, 0.1) is 22.5 Å². The van der Waals surface area contributed by atoms with Crippen LogP contribution in [0.2, 0.25) is 0 Å². The van der Waals surface area contributed by atoms with E-state index < -0.39 is 20.0 Å². The summed E-state index contributed by atoms with van der Waals surface area (Å²) in [5.74, 6) is 0.732. The van der Waals surface area contributed by atoms with Crippen molar-refractivity contribution in [2.24, 2.45) is 0 Å². The first-order valence-corrected chi connectivity index (χ1v) is 15.1. The van der Waals surface area contributed by atoms with E-state index >= 15 is 0 Å². The van der Waals surface area contributed by atoms with Crippen LogP contribution in [0.15, 0.2) is 58.3 Å². The number of benzene rings is 2. The average molecular weight is 523 g/mol. The van der Waals surface area contributed by atoms with E-state index in [-0.39, 0.29) is 29.0 Å². The molecule has 1 atom stereocenters. The molecule has 0 saturated carbocycles. The van der Waals surface area contributed by atoms with Crippen LogP contribution in [0.3, 0.4) is 0 Å². The maximum absolute atomic E-state index is 13.6. The summed E-state index contributed by atoms with van der Waals surface area (Å²) in [5, 5.41) is 0. The number of hydrogen-bond acceptors (Lipinski definition) is 6. The van der Waals surface area contributed by atoms with Crippen LogP contribution in [0, 0.1) is 0 Å². The second-order valence-electron chi connectivity index (χ2n) is 8.95. The number of rotatable bonds is 10. The Hall–Kier alpha value is -1.98. The highest BCUT2D eigenvalue weighted by atomic mass is 32.2. The van der Waals surface area contributed by atoms with Crippen LogP contribution in [-0.4, -0.2) is 64.4 Å². The normalized spacial score (nSPS) is 19.8. The van der Waals surface area contributed by atoms with Crippen LogP contribution in [0.1, 0.15) is 44.6 Å². The van der Waals surface area contributed by atoms with E-state index in [0.717, 1.165) is 43.4 Å². The summed E-state index contributed by atoms with van der Waals surface area (Å²) < 4.78 is 67.3. The smallest absolute Gasteiger partial charge is 0.243 e. The predicted molar refractivity (Wildman–Crippen MR) is 133 cm³/mol. The van der Waals surface area contributed by atoms with Gasteiger partial charge in [-0.05, 0) is 74.6 Å². The van der Waals surface area contributed by atoms with Gasteiger partial charge in [0.2, 0.25) is 20.0 Å². The van der Waals surface area contributed by atoms with Gasteiger partial charge in [-0.25, -0.2) is 16.8 Å². The minimum absolute atomic E-state index is 0.0685. The summed E-state index contributed by atoms with van der Waals surface area (Å²) >= 11 is 0. The standard InChI is InChI=1S/C25H34N2O6S2/c1-2-32-22-10-8-21(9-11-22)19-27(20-23-7-6-18-33-23)35(30,31)25-14-12-24(13-15-25)34(28,29)26-16-4-3-5-17-26/h8-15,23H,2-7,16-20H2,1H3/t23-/m1/s1. The van der Waals surface area contributed by atoms with Crippen molar-refractivity contribution >= 4 is 20.0 Å². The van der Waals surface area contributed by atoms with Gasteiger partial charge in [-0.3, -0.25) is 0 Å². The van der Waals surface area contributed by atoms with Gasteiger partial charge in [-0.2, -0.15) is 8.61 Å². The molecule has 2 fully saturated rings. The maximum Gasteiger partial charge on any atom is 0.243 e. The van der Waals surface area contributed by atoms with Crippen LogP contribution < -0.4 is 4.74 Å². The van der Waals surface area contributed by atoms with Crippen LogP contribution in [0.25, 0.3) is 0 Å². The quantitative estimate of drug-likeness (QED) is 0.473. The minimum Gasteiger partial charge on any atom is -0.494 e. The molecule has 0 N–H and O–H groups in total. The first-order chi connectivity index (χ1) is 16.8. The molecule has 0 aliphatic carbocycles. The van der Waals surface area contributed by atoms with E-state index in [4.69, 9.17) is 9.47 Å².